The van der Waals surface area contributed by atoms with E-state index in [-0.39, 0.29) is 5.60 Å². The molecule has 0 spiro atoms. The summed E-state index contributed by atoms with van der Waals surface area (Å²) in [7, 11) is 0. The first-order valence-corrected chi connectivity index (χ1v) is 6.87. The first-order chi connectivity index (χ1) is 7.51. The van der Waals surface area contributed by atoms with Gasteiger partial charge in [0.05, 0.1) is 11.7 Å². The fraction of sp³-hybridized carbons (Fsp3) is 0.867. The normalized spacial score (nSPS) is 50.7. The molecule has 5 atom stereocenters. The molecule has 0 N–H and O–H groups in total. The summed E-state index contributed by atoms with van der Waals surface area (Å²) in [5, 5.41) is 0. The molecule has 1 saturated heterocycles. The van der Waals surface area contributed by atoms with Crippen LogP contribution in [0.5, 0.6) is 0 Å². The molecule has 3 rings (SSSR count). The summed E-state index contributed by atoms with van der Waals surface area (Å²) in [6.45, 7) is 9.40. The monoisotopic (exact) mass is 220 g/mol. The number of hydrogen-bond donors (Lipinski definition) is 0. The van der Waals surface area contributed by atoms with Crippen LogP contribution in [0.2, 0.25) is 0 Å². The SMILES string of the molecule is CC1=CC2C(C(C)C)CCC3(C)OC1CC23. The lowest BCUT2D eigenvalue weighted by Crippen LogP contribution is -2.44. The molecule has 1 heteroatoms. The Kier molecular flexibility index (Phi) is 2.27. The first kappa shape index (κ1) is 10.8. The lowest BCUT2D eigenvalue weighted by molar-refractivity contribution is -0.0710. The number of hydrogen-bond acceptors (Lipinski definition) is 1. The maximum Gasteiger partial charge on any atom is 0.0793 e. The average Bonchev–Trinajstić information content (AvgIpc) is 2.52. The third-order valence-electron chi connectivity index (χ3n) is 5.42. The Morgan fingerprint density at radius 1 is 1.44 bits per heavy atom. The molecule has 1 saturated carbocycles. The highest BCUT2D eigenvalue weighted by atomic mass is 16.5. The predicted octanol–water partition coefficient (Wildman–Crippen LogP) is 3.79. The van der Waals surface area contributed by atoms with Gasteiger partial charge in [-0.2, -0.15) is 0 Å². The van der Waals surface area contributed by atoms with Crippen molar-refractivity contribution in [3.8, 4) is 0 Å². The van der Waals surface area contributed by atoms with E-state index in [2.05, 4.69) is 33.8 Å². The molecule has 2 aliphatic carbocycles. The van der Waals surface area contributed by atoms with Crippen LogP contribution in [0.25, 0.3) is 0 Å². The van der Waals surface area contributed by atoms with Gasteiger partial charge in [0.15, 0.2) is 0 Å². The van der Waals surface area contributed by atoms with Crippen LogP contribution in [0, 0.1) is 23.7 Å². The minimum atomic E-state index is 0.189. The van der Waals surface area contributed by atoms with Gasteiger partial charge in [0.2, 0.25) is 0 Å². The van der Waals surface area contributed by atoms with E-state index in [4.69, 9.17) is 4.74 Å². The Morgan fingerprint density at radius 3 is 2.88 bits per heavy atom. The van der Waals surface area contributed by atoms with Crippen LogP contribution in [-0.2, 0) is 4.74 Å². The predicted molar refractivity (Wildman–Crippen MR) is 66.2 cm³/mol. The van der Waals surface area contributed by atoms with Gasteiger partial charge in [0.1, 0.15) is 0 Å². The highest BCUT2D eigenvalue weighted by Crippen LogP contribution is 2.56. The summed E-state index contributed by atoms with van der Waals surface area (Å²) in [5.41, 5.74) is 1.69. The highest BCUT2D eigenvalue weighted by molar-refractivity contribution is 5.22. The maximum absolute atomic E-state index is 6.32. The second-order valence-electron chi connectivity index (χ2n) is 6.70. The van der Waals surface area contributed by atoms with E-state index < -0.39 is 0 Å². The van der Waals surface area contributed by atoms with E-state index >= 15 is 0 Å². The zero-order valence-electron chi connectivity index (χ0n) is 11.0. The van der Waals surface area contributed by atoms with Crippen molar-refractivity contribution in [2.45, 2.75) is 58.7 Å². The molecule has 2 fully saturated rings. The van der Waals surface area contributed by atoms with Gasteiger partial charge in [-0.25, -0.2) is 0 Å². The van der Waals surface area contributed by atoms with E-state index in [0.717, 1.165) is 23.7 Å². The zero-order valence-corrected chi connectivity index (χ0v) is 11.0. The smallest absolute Gasteiger partial charge is 0.0793 e. The van der Waals surface area contributed by atoms with Crippen LogP contribution in [0.3, 0.4) is 0 Å². The van der Waals surface area contributed by atoms with Crippen molar-refractivity contribution in [3.63, 3.8) is 0 Å². The van der Waals surface area contributed by atoms with Crippen molar-refractivity contribution in [2.24, 2.45) is 23.7 Å². The summed E-state index contributed by atoms with van der Waals surface area (Å²) in [6, 6.07) is 0. The molecule has 3 aliphatic rings. The molecule has 90 valence electrons. The first-order valence-electron chi connectivity index (χ1n) is 6.87. The van der Waals surface area contributed by atoms with Crippen LogP contribution in [0.15, 0.2) is 11.6 Å². The fourth-order valence-electron chi connectivity index (χ4n) is 4.40. The van der Waals surface area contributed by atoms with E-state index in [1.165, 1.54) is 24.8 Å². The Labute approximate surface area is 99.3 Å². The van der Waals surface area contributed by atoms with Gasteiger partial charge in [-0.15, -0.1) is 0 Å². The van der Waals surface area contributed by atoms with Crippen LogP contribution in [0.4, 0.5) is 0 Å². The molecule has 1 heterocycles. The van der Waals surface area contributed by atoms with Crippen LogP contribution in [-0.4, -0.2) is 11.7 Å². The molecule has 5 unspecified atom stereocenters. The van der Waals surface area contributed by atoms with Crippen LogP contribution in [0.1, 0.15) is 47.0 Å². The molecule has 2 bridgehead atoms. The lowest BCUT2D eigenvalue weighted by atomic mass is 9.60. The van der Waals surface area contributed by atoms with Crippen molar-refractivity contribution >= 4 is 0 Å². The number of fused-ring (bicyclic) bond motifs is 1. The molecule has 1 aliphatic heterocycles. The molecular formula is C15H24O. The largest absolute Gasteiger partial charge is 0.367 e. The van der Waals surface area contributed by atoms with Gasteiger partial charge in [-0.1, -0.05) is 19.9 Å². The number of rotatable bonds is 1. The summed E-state index contributed by atoms with van der Waals surface area (Å²) in [4.78, 5) is 0. The average molecular weight is 220 g/mol. The quantitative estimate of drug-likeness (QED) is 0.611. The van der Waals surface area contributed by atoms with Crippen molar-refractivity contribution in [3.05, 3.63) is 11.6 Å². The summed E-state index contributed by atoms with van der Waals surface area (Å²) in [6.07, 6.45) is 6.90. The van der Waals surface area contributed by atoms with Gasteiger partial charge in [-0.05, 0) is 62.4 Å². The minimum absolute atomic E-state index is 0.189. The maximum atomic E-state index is 6.32. The Hall–Kier alpha value is -0.300. The van der Waals surface area contributed by atoms with Gasteiger partial charge in [0, 0.05) is 0 Å². The van der Waals surface area contributed by atoms with E-state index in [1.54, 1.807) is 0 Å². The van der Waals surface area contributed by atoms with E-state index in [0.29, 0.717) is 6.10 Å². The molecule has 0 aromatic rings. The molecule has 16 heavy (non-hydrogen) atoms. The van der Waals surface area contributed by atoms with Crippen molar-refractivity contribution in [1.29, 1.82) is 0 Å². The number of allylic oxidation sites excluding steroid dienone is 1. The topological polar surface area (TPSA) is 9.23 Å². The Morgan fingerprint density at radius 2 is 2.19 bits per heavy atom. The van der Waals surface area contributed by atoms with E-state index in [1.807, 2.05) is 0 Å². The van der Waals surface area contributed by atoms with Gasteiger partial charge >= 0.3 is 0 Å². The fourth-order valence-corrected chi connectivity index (χ4v) is 4.40. The molecule has 0 radical (unpaired) electrons. The summed E-state index contributed by atoms with van der Waals surface area (Å²) in [5.74, 6) is 3.28. The molecule has 1 nitrogen and oxygen atoms in total. The van der Waals surface area contributed by atoms with Crippen molar-refractivity contribution in [2.75, 3.05) is 0 Å². The van der Waals surface area contributed by atoms with Crippen molar-refractivity contribution < 1.29 is 4.74 Å². The lowest BCUT2D eigenvalue weighted by Gasteiger charge is -2.45. The summed E-state index contributed by atoms with van der Waals surface area (Å²) >= 11 is 0. The Bertz CT molecular complexity index is 330. The third-order valence-corrected chi connectivity index (χ3v) is 5.42. The van der Waals surface area contributed by atoms with Gasteiger partial charge in [-0.3, -0.25) is 0 Å². The standard InChI is InChI=1S/C15H24O/c1-9(2)11-5-6-15(4)13-8-14(16-15)10(3)7-12(11)13/h7,9,11-14H,5-6,8H2,1-4H3. The van der Waals surface area contributed by atoms with Crippen LogP contribution < -0.4 is 0 Å². The van der Waals surface area contributed by atoms with E-state index in [9.17, 15) is 0 Å². The second kappa shape index (κ2) is 3.35. The molecule has 0 aromatic carbocycles. The molecule has 0 aromatic heterocycles. The second-order valence-corrected chi connectivity index (χ2v) is 6.70. The Balaban J connectivity index is 1.98. The minimum Gasteiger partial charge on any atom is -0.367 e. The molecule has 0 amide bonds. The van der Waals surface area contributed by atoms with Gasteiger partial charge < -0.3 is 4.74 Å². The van der Waals surface area contributed by atoms with Crippen molar-refractivity contribution in [1.82, 2.24) is 0 Å². The van der Waals surface area contributed by atoms with Gasteiger partial charge in [0.25, 0.3) is 0 Å². The summed E-state index contributed by atoms with van der Waals surface area (Å²) < 4.78 is 6.32. The highest BCUT2D eigenvalue weighted by Gasteiger charge is 2.55. The third kappa shape index (κ3) is 1.33. The number of ether oxygens (including phenoxy) is 1. The van der Waals surface area contributed by atoms with Crippen LogP contribution >= 0.6 is 0 Å². The molecular weight excluding hydrogens is 196 g/mol. The zero-order chi connectivity index (χ0) is 11.5.